The monoisotopic (exact) mass is 221 g/mol. The summed E-state index contributed by atoms with van der Waals surface area (Å²) in [6.07, 6.45) is -4.86. The van der Waals surface area contributed by atoms with Crippen LogP contribution in [0.4, 0.5) is 23.2 Å². The summed E-state index contributed by atoms with van der Waals surface area (Å²) in [5, 5.41) is 0. The lowest BCUT2D eigenvalue weighted by atomic mass is 10.1. The average Bonchev–Trinajstić information content (AvgIpc) is 1.99. The number of hydrogen-bond acceptors (Lipinski definition) is 2. The second kappa shape index (κ2) is 3.52. The summed E-state index contributed by atoms with van der Waals surface area (Å²) in [6.45, 7) is 1.11. The summed E-state index contributed by atoms with van der Waals surface area (Å²) in [5.41, 5.74) is 2.53. The Balaban J connectivity index is 3.41. The van der Waals surface area contributed by atoms with Crippen molar-refractivity contribution < 1.29 is 22.4 Å². The van der Waals surface area contributed by atoms with Gasteiger partial charge in [0, 0.05) is 11.3 Å². The van der Waals surface area contributed by atoms with E-state index >= 15 is 0 Å². The Morgan fingerprint density at radius 1 is 1.33 bits per heavy atom. The first-order valence-electron chi connectivity index (χ1n) is 3.90. The topological polar surface area (TPSA) is 43.1 Å². The second-order valence-electron chi connectivity index (χ2n) is 2.98. The molecule has 82 valence electrons. The van der Waals surface area contributed by atoms with Gasteiger partial charge in [-0.3, -0.25) is 4.79 Å². The maximum atomic E-state index is 13.0. The number of benzene rings is 1. The van der Waals surface area contributed by atoms with Crippen LogP contribution in [0, 0.1) is 5.82 Å². The number of rotatable bonds is 1. The summed E-state index contributed by atoms with van der Waals surface area (Å²) in [7, 11) is 0. The van der Waals surface area contributed by atoms with E-state index in [1.165, 1.54) is 0 Å². The van der Waals surface area contributed by atoms with E-state index in [4.69, 9.17) is 5.73 Å². The van der Waals surface area contributed by atoms with Crippen molar-refractivity contribution in [2.75, 3.05) is 5.73 Å². The number of halogens is 4. The number of nitrogens with two attached hydrogens (primary N) is 1. The average molecular weight is 221 g/mol. The molecule has 0 aromatic heterocycles. The molecule has 0 fully saturated rings. The molecular formula is C9H7F4NO. The van der Waals surface area contributed by atoms with Gasteiger partial charge in [0.15, 0.2) is 5.78 Å². The summed E-state index contributed by atoms with van der Waals surface area (Å²) in [4.78, 5) is 10.8. The molecule has 0 spiro atoms. The van der Waals surface area contributed by atoms with Crippen LogP contribution < -0.4 is 5.73 Å². The fraction of sp³-hybridized carbons (Fsp3) is 0.222. The summed E-state index contributed by atoms with van der Waals surface area (Å²) in [6, 6.07) is 1.34. The molecule has 0 unspecified atom stereocenters. The summed E-state index contributed by atoms with van der Waals surface area (Å²) in [5.74, 6) is -2.08. The number of nitrogen functional groups attached to an aromatic ring is 1. The zero-order chi connectivity index (χ0) is 11.8. The van der Waals surface area contributed by atoms with Crippen LogP contribution in [0.3, 0.4) is 0 Å². The predicted octanol–water partition coefficient (Wildman–Crippen LogP) is 2.63. The molecule has 0 bridgehead atoms. The highest BCUT2D eigenvalue weighted by molar-refractivity contribution is 5.95. The minimum Gasteiger partial charge on any atom is -0.398 e. The van der Waals surface area contributed by atoms with Crippen LogP contribution in [0.5, 0.6) is 0 Å². The van der Waals surface area contributed by atoms with E-state index in [-0.39, 0.29) is 5.56 Å². The fourth-order valence-electron chi connectivity index (χ4n) is 1.13. The van der Waals surface area contributed by atoms with Gasteiger partial charge in [0.2, 0.25) is 0 Å². The molecule has 15 heavy (non-hydrogen) atoms. The van der Waals surface area contributed by atoms with E-state index in [1.54, 1.807) is 0 Å². The lowest BCUT2D eigenvalue weighted by Gasteiger charge is -2.11. The molecule has 1 aromatic carbocycles. The lowest BCUT2D eigenvalue weighted by molar-refractivity contribution is -0.139. The minimum atomic E-state index is -4.86. The SMILES string of the molecule is CC(=O)c1cc(N)c(C(F)(F)F)c(F)c1. The molecule has 1 rings (SSSR count). The van der Waals surface area contributed by atoms with Gasteiger partial charge in [-0.2, -0.15) is 13.2 Å². The molecule has 0 atom stereocenters. The summed E-state index contributed by atoms with van der Waals surface area (Å²) >= 11 is 0. The van der Waals surface area contributed by atoms with Crippen LogP contribution in [0.15, 0.2) is 12.1 Å². The van der Waals surface area contributed by atoms with Gasteiger partial charge in [-0.25, -0.2) is 4.39 Å². The molecule has 0 amide bonds. The Labute approximate surface area is 82.7 Å². The third-order valence-electron chi connectivity index (χ3n) is 1.81. The van der Waals surface area contributed by atoms with Crippen LogP contribution >= 0.6 is 0 Å². The molecule has 2 N–H and O–H groups in total. The quantitative estimate of drug-likeness (QED) is 0.450. The van der Waals surface area contributed by atoms with Gasteiger partial charge >= 0.3 is 6.18 Å². The smallest absolute Gasteiger partial charge is 0.398 e. The van der Waals surface area contributed by atoms with Gasteiger partial charge < -0.3 is 5.73 Å². The molecule has 6 heteroatoms. The standard InChI is InChI=1S/C9H7F4NO/c1-4(15)5-2-6(10)8(7(14)3-5)9(11,12)13/h2-3H,14H2,1H3. The molecule has 0 saturated heterocycles. The zero-order valence-corrected chi connectivity index (χ0v) is 7.65. The molecule has 0 heterocycles. The molecule has 1 aromatic rings. The first kappa shape index (κ1) is 11.5. The van der Waals surface area contributed by atoms with Gasteiger partial charge in [0.1, 0.15) is 11.4 Å². The van der Waals surface area contributed by atoms with Crippen molar-refractivity contribution in [3.05, 3.63) is 29.1 Å². The summed E-state index contributed by atoms with van der Waals surface area (Å²) < 4.78 is 49.7. The largest absolute Gasteiger partial charge is 0.421 e. The Kier molecular flexibility index (Phi) is 2.70. The van der Waals surface area contributed by atoms with Crippen molar-refractivity contribution in [3.63, 3.8) is 0 Å². The van der Waals surface area contributed by atoms with Crippen LogP contribution in [0.25, 0.3) is 0 Å². The number of carbonyl (C=O) groups excluding carboxylic acids is 1. The van der Waals surface area contributed by atoms with Crippen molar-refractivity contribution in [1.29, 1.82) is 0 Å². The minimum absolute atomic E-state index is 0.182. The highest BCUT2D eigenvalue weighted by atomic mass is 19.4. The van der Waals surface area contributed by atoms with Crippen molar-refractivity contribution in [3.8, 4) is 0 Å². The van der Waals surface area contributed by atoms with Crippen LogP contribution in [0.2, 0.25) is 0 Å². The lowest BCUT2D eigenvalue weighted by Crippen LogP contribution is -2.13. The van der Waals surface area contributed by atoms with Gasteiger partial charge in [-0.05, 0) is 19.1 Å². The van der Waals surface area contributed by atoms with E-state index in [2.05, 4.69) is 0 Å². The molecule has 0 saturated carbocycles. The van der Waals surface area contributed by atoms with Crippen molar-refractivity contribution >= 4 is 11.5 Å². The molecule has 0 aliphatic heterocycles. The molecule has 0 radical (unpaired) electrons. The van der Waals surface area contributed by atoms with Gasteiger partial charge in [0.05, 0.1) is 0 Å². The van der Waals surface area contributed by atoms with Crippen molar-refractivity contribution in [2.45, 2.75) is 13.1 Å². The maximum Gasteiger partial charge on any atom is 0.421 e. The van der Waals surface area contributed by atoms with Crippen molar-refractivity contribution in [2.24, 2.45) is 0 Å². The normalized spacial score (nSPS) is 11.5. The molecule has 0 aliphatic rings. The molecule has 0 aliphatic carbocycles. The number of carbonyl (C=O) groups is 1. The first-order valence-corrected chi connectivity index (χ1v) is 3.90. The van der Waals surface area contributed by atoms with E-state index < -0.39 is 29.0 Å². The van der Waals surface area contributed by atoms with Crippen molar-refractivity contribution in [1.82, 2.24) is 0 Å². The Hall–Kier alpha value is -1.59. The third-order valence-corrected chi connectivity index (χ3v) is 1.81. The number of ketones is 1. The first-order chi connectivity index (χ1) is 6.73. The number of hydrogen-bond donors (Lipinski definition) is 1. The Morgan fingerprint density at radius 3 is 2.20 bits per heavy atom. The van der Waals surface area contributed by atoms with Crippen LogP contribution in [-0.4, -0.2) is 5.78 Å². The number of alkyl halides is 3. The number of Topliss-reactive ketones (excluding diaryl/α,β-unsaturated/α-hetero) is 1. The highest BCUT2D eigenvalue weighted by Crippen LogP contribution is 2.36. The highest BCUT2D eigenvalue weighted by Gasteiger charge is 2.36. The zero-order valence-electron chi connectivity index (χ0n) is 7.65. The molecule has 2 nitrogen and oxygen atoms in total. The van der Waals surface area contributed by atoms with Crippen LogP contribution in [-0.2, 0) is 6.18 Å². The van der Waals surface area contributed by atoms with E-state index in [0.29, 0.717) is 6.07 Å². The van der Waals surface area contributed by atoms with Crippen LogP contribution in [0.1, 0.15) is 22.8 Å². The molecular weight excluding hydrogens is 214 g/mol. The predicted molar refractivity (Wildman–Crippen MR) is 45.8 cm³/mol. The van der Waals surface area contributed by atoms with Gasteiger partial charge in [0.25, 0.3) is 0 Å². The van der Waals surface area contributed by atoms with E-state index in [0.717, 1.165) is 13.0 Å². The third kappa shape index (κ3) is 2.26. The number of anilines is 1. The Bertz CT molecular complexity index is 388. The van der Waals surface area contributed by atoms with E-state index in [9.17, 15) is 22.4 Å². The van der Waals surface area contributed by atoms with Gasteiger partial charge in [-0.1, -0.05) is 0 Å². The van der Waals surface area contributed by atoms with Gasteiger partial charge in [-0.15, -0.1) is 0 Å². The maximum absolute atomic E-state index is 13.0. The van der Waals surface area contributed by atoms with E-state index in [1.807, 2.05) is 0 Å². The Morgan fingerprint density at radius 2 is 1.87 bits per heavy atom. The fourth-order valence-corrected chi connectivity index (χ4v) is 1.13. The second-order valence-corrected chi connectivity index (χ2v) is 2.98.